The molecule has 1 aliphatic rings. The Morgan fingerprint density at radius 3 is 2.38 bits per heavy atom. The molecule has 0 saturated carbocycles. The minimum atomic E-state index is -0.883. The highest BCUT2D eigenvalue weighted by Crippen LogP contribution is 2.49. The second kappa shape index (κ2) is 13.5. The topological polar surface area (TPSA) is 75.6 Å². The van der Waals surface area contributed by atoms with Gasteiger partial charge in [0.2, 0.25) is 5.91 Å². The zero-order valence-electron chi connectivity index (χ0n) is 19.2. The van der Waals surface area contributed by atoms with Crippen LogP contribution in [0.2, 0.25) is 0 Å². The van der Waals surface area contributed by atoms with Crippen LogP contribution in [0.1, 0.15) is 98.8 Å². The molecule has 1 aliphatic heterocycles. The molecule has 170 valence electrons. The molecule has 0 spiro atoms. The summed E-state index contributed by atoms with van der Waals surface area (Å²) in [5, 5.41) is 11.8. The van der Waals surface area contributed by atoms with Gasteiger partial charge in [0.1, 0.15) is 0 Å². The molecular weight excluding hydrogens is 386 g/mol. The van der Waals surface area contributed by atoms with Gasteiger partial charge in [-0.15, -0.1) is 11.8 Å². The molecule has 4 unspecified atom stereocenters. The van der Waals surface area contributed by atoms with Crippen LogP contribution >= 0.6 is 11.8 Å². The van der Waals surface area contributed by atoms with Crippen molar-refractivity contribution in [3.8, 4) is 0 Å². The third-order valence-corrected chi connectivity index (χ3v) is 7.66. The fourth-order valence-corrected chi connectivity index (χ4v) is 6.33. The summed E-state index contributed by atoms with van der Waals surface area (Å²) in [6.07, 6.45) is 10.2. The van der Waals surface area contributed by atoms with Crippen LogP contribution in [0.5, 0.6) is 0 Å². The summed E-state index contributed by atoms with van der Waals surface area (Å²) in [6, 6.07) is 0. The monoisotopic (exact) mass is 429 g/mol. The molecule has 0 aromatic carbocycles. The first-order chi connectivity index (χ1) is 13.8. The van der Waals surface area contributed by atoms with Crippen molar-refractivity contribution in [2.24, 2.45) is 5.92 Å². The average molecular weight is 430 g/mol. The molecular formula is C23H43NO4S. The SMILES string of the molecule is CCCCCCC(CCCC)(OC(C)C)C1SC(C(=O)NCCC(=O)O)CC1C. The van der Waals surface area contributed by atoms with Crippen LogP contribution in [0.4, 0.5) is 0 Å². The van der Waals surface area contributed by atoms with Crippen LogP contribution < -0.4 is 5.32 Å². The van der Waals surface area contributed by atoms with E-state index in [2.05, 4.69) is 39.9 Å². The number of carbonyl (C=O) groups is 2. The molecule has 2 N–H and O–H groups in total. The number of unbranched alkanes of at least 4 members (excludes halogenated alkanes) is 4. The van der Waals surface area contributed by atoms with Crippen LogP contribution in [0.3, 0.4) is 0 Å². The van der Waals surface area contributed by atoms with Crippen molar-refractivity contribution in [1.82, 2.24) is 5.32 Å². The lowest BCUT2D eigenvalue weighted by molar-refractivity contribution is -0.136. The molecule has 5 nitrogen and oxygen atoms in total. The number of carbonyl (C=O) groups excluding carboxylic acids is 1. The van der Waals surface area contributed by atoms with Gasteiger partial charge in [0.05, 0.1) is 23.4 Å². The van der Waals surface area contributed by atoms with E-state index in [1.165, 1.54) is 25.7 Å². The molecule has 1 heterocycles. The van der Waals surface area contributed by atoms with Crippen LogP contribution in [-0.2, 0) is 14.3 Å². The highest BCUT2D eigenvalue weighted by molar-refractivity contribution is 8.01. The van der Waals surface area contributed by atoms with Gasteiger partial charge in [-0.1, -0.05) is 59.3 Å². The summed E-state index contributed by atoms with van der Waals surface area (Å²) in [5.41, 5.74) is -0.182. The maximum atomic E-state index is 12.6. The van der Waals surface area contributed by atoms with Gasteiger partial charge in [-0.25, -0.2) is 0 Å². The standard InChI is InChI=1S/C23H43NO4S/c1-6-8-10-11-14-23(13-9-7-2,28-17(3)4)21-18(5)16-19(29-21)22(27)24-15-12-20(25)26/h17-19,21H,6-16H2,1-5H3,(H,24,27)(H,25,26). The van der Waals surface area contributed by atoms with Crippen molar-refractivity contribution in [2.45, 2.75) is 121 Å². The van der Waals surface area contributed by atoms with Crippen molar-refractivity contribution in [3.05, 3.63) is 0 Å². The first-order valence-electron chi connectivity index (χ1n) is 11.6. The Balaban J connectivity index is 2.90. The van der Waals surface area contributed by atoms with Gasteiger partial charge >= 0.3 is 5.97 Å². The number of amides is 1. The van der Waals surface area contributed by atoms with E-state index in [4.69, 9.17) is 9.84 Å². The summed E-state index contributed by atoms with van der Waals surface area (Å²) in [7, 11) is 0. The van der Waals surface area contributed by atoms with Crippen molar-refractivity contribution in [3.63, 3.8) is 0 Å². The maximum absolute atomic E-state index is 12.6. The van der Waals surface area contributed by atoms with Gasteiger partial charge in [0.25, 0.3) is 0 Å². The van der Waals surface area contributed by atoms with E-state index in [-0.39, 0.29) is 35.8 Å². The molecule has 0 aliphatic carbocycles. The predicted molar refractivity (Wildman–Crippen MR) is 121 cm³/mol. The minimum Gasteiger partial charge on any atom is -0.481 e. The second-order valence-electron chi connectivity index (χ2n) is 8.84. The lowest BCUT2D eigenvalue weighted by atomic mass is 9.80. The average Bonchev–Trinajstić information content (AvgIpc) is 3.05. The Bertz CT molecular complexity index is 499. The molecule has 0 aromatic heterocycles. The summed E-state index contributed by atoms with van der Waals surface area (Å²) in [4.78, 5) is 23.3. The largest absolute Gasteiger partial charge is 0.481 e. The normalized spacial score (nSPS) is 23.9. The zero-order chi connectivity index (χ0) is 21.9. The van der Waals surface area contributed by atoms with Crippen molar-refractivity contribution >= 4 is 23.6 Å². The van der Waals surface area contributed by atoms with Crippen LogP contribution in [-0.4, -0.2) is 45.7 Å². The number of aliphatic carboxylic acids is 1. The van der Waals surface area contributed by atoms with Gasteiger partial charge in [0, 0.05) is 11.8 Å². The lowest BCUT2D eigenvalue weighted by Gasteiger charge is -2.42. The number of hydrogen-bond donors (Lipinski definition) is 2. The number of hydrogen-bond acceptors (Lipinski definition) is 4. The number of carboxylic acid groups (broad SMARTS) is 1. The fraction of sp³-hybridized carbons (Fsp3) is 0.913. The molecule has 29 heavy (non-hydrogen) atoms. The summed E-state index contributed by atoms with van der Waals surface area (Å²) in [6.45, 7) is 11.1. The van der Waals surface area contributed by atoms with Crippen LogP contribution in [0, 0.1) is 5.92 Å². The fourth-order valence-electron chi connectivity index (χ4n) is 4.44. The Morgan fingerprint density at radius 1 is 1.14 bits per heavy atom. The van der Waals surface area contributed by atoms with Gasteiger partial charge < -0.3 is 15.2 Å². The molecule has 1 saturated heterocycles. The van der Waals surface area contributed by atoms with E-state index in [1.54, 1.807) is 11.8 Å². The predicted octanol–water partition coefficient (Wildman–Crippen LogP) is 5.41. The number of thioether (sulfide) groups is 1. The third-order valence-electron chi connectivity index (χ3n) is 5.74. The Labute approximate surface area is 182 Å². The Hall–Kier alpha value is -0.750. The Morgan fingerprint density at radius 2 is 1.79 bits per heavy atom. The van der Waals surface area contributed by atoms with Gasteiger partial charge in [-0.05, 0) is 39.0 Å². The molecule has 1 amide bonds. The first kappa shape index (κ1) is 26.3. The molecule has 4 atom stereocenters. The molecule has 0 aromatic rings. The van der Waals surface area contributed by atoms with Crippen molar-refractivity contribution < 1.29 is 19.4 Å². The van der Waals surface area contributed by atoms with Gasteiger partial charge in [0.15, 0.2) is 0 Å². The summed E-state index contributed by atoms with van der Waals surface area (Å²) in [5.74, 6) is -0.505. The van der Waals surface area contributed by atoms with Crippen molar-refractivity contribution in [2.75, 3.05) is 6.54 Å². The second-order valence-corrected chi connectivity index (χ2v) is 10.2. The van der Waals surface area contributed by atoms with E-state index in [9.17, 15) is 9.59 Å². The molecule has 0 radical (unpaired) electrons. The first-order valence-corrected chi connectivity index (χ1v) is 12.5. The van der Waals surface area contributed by atoms with E-state index >= 15 is 0 Å². The number of rotatable bonds is 15. The van der Waals surface area contributed by atoms with E-state index in [1.807, 2.05) is 0 Å². The lowest BCUT2D eigenvalue weighted by Crippen LogP contribution is -2.46. The van der Waals surface area contributed by atoms with E-state index in [0.717, 1.165) is 32.1 Å². The molecule has 1 rings (SSSR count). The summed E-state index contributed by atoms with van der Waals surface area (Å²) < 4.78 is 6.69. The Kier molecular flexibility index (Phi) is 12.3. The highest BCUT2D eigenvalue weighted by atomic mass is 32.2. The summed E-state index contributed by atoms with van der Waals surface area (Å²) >= 11 is 1.76. The highest BCUT2D eigenvalue weighted by Gasteiger charge is 2.49. The van der Waals surface area contributed by atoms with E-state index < -0.39 is 5.97 Å². The van der Waals surface area contributed by atoms with Crippen LogP contribution in [0.25, 0.3) is 0 Å². The number of ether oxygens (including phenoxy) is 1. The zero-order valence-corrected chi connectivity index (χ0v) is 20.0. The van der Waals surface area contributed by atoms with Crippen molar-refractivity contribution in [1.29, 1.82) is 0 Å². The minimum absolute atomic E-state index is 0.0227. The number of carboxylic acids is 1. The molecule has 1 fully saturated rings. The van der Waals surface area contributed by atoms with E-state index in [0.29, 0.717) is 11.2 Å². The maximum Gasteiger partial charge on any atom is 0.305 e. The number of nitrogens with one attached hydrogen (secondary N) is 1. The quantitative estimate of drug-likeness (QED) is 0.340. The molecule has 6 heteroatoms. The molecule has 0 bridgehead atoms. The third kappa shape index (κ3) is 8.87. The van der Waals surface area contributed by atoms with Crippen LogP contribution in [0.15, 0.2) is 0 Å². The van der Waals surface area contributed by atoms with Gasteiger partial charge in [-0.3, -0.25) is 9.59 Å². The smallest absolute Gasteiger partial charge is 0.305 e. The van der Waals surface area contributed by atoms with Gasteiger partial charge in [-0.2, -0.15) is 0 Å².